The highest BCUT2D eigenvalue weighted by Gasteiger charge is 2.13. The third-order valence-corrected chi connectivity index (χ3v) is 2.05. The van der Waals surface area contributed by atoms with Crippen LogP contribution in [0, 0.1) is 0 Å². The van der Waals surface area contributed by atoms with E-state index in [0.29, 0.717) is 12.4 Å². The molecular weight excluding hydrogens is 194 g/mol. The van der Waals surface area contributed by atoms with Gasteiger partial charge >= 0.3 is 0 Å². The van der Waals surface area contributed by atoms with E-state index in [2.05, 4.69) is 15.3 Å². The first-order chi connectivity index (χ1) is 7.19. The molecule has 0 aromatic carbocycles. The van der Waals surface area contributed by atoms with Gasteiger partial charge < -0.3 is 16.8 Å². The standard InChI is InChI=1S/C9H15N5O/c1-2-6(5-10)14-9-7(8(11)15)12-3-4-13-9/h3-4,6H,2,5,10H2,1H3,(H2,11,15)(H,13,14). The average molecular weight is 209 g/mol. The van der Waals surface area contributed by atoms with Gasteiger partial charge in [0.25, 0.3) is 5.91 Å². The first-order valence-corrected chi connectivity index (χ1v) is 4.76. The fraction of sp³-hybridized carbons (Fsp3) is 0.444. The second-order valence-corrected chi connectivity index (χ2v) is 3.10. The molecule has 0 aliphatic carbocycles. The number of anilines is 1. The van der Waals surface area contributed by atoms with Crippen molar-refractivity contribution >= 4 is 11.7 Å². The third-order valence-electron chi connectivity index (χ3n) is 2.05. The number of nitrogens with two attached hydrogens (primary N) is 2. The molecule has 0 aliphatic rings. The van der Waals surface area contributed by atoms with Gasteiger partial charge in [0.15, 0.2) is 11.5 Å². The Morgan fingerprint density at radius 2 is 2.20 bits per heavy atom. The normalized spacial score (nSPS) is 12.1. The maximum absolute atomic E-state index is 11.0. The lowest BCUT2D eigenvalue weighted by Gasteiger charge is -2.15. The summed E-state index contributed by atoms with van der Waals surface area (Å²) in [4.78, 5) is 18.9. The van der Waals surface area contributed by atoms with Crippen molar-refractivity contribution in [2.75, 3.05) is 11.9 Å². The molecule has 0 saturated heterocycles. The number of hydrogen-bond donors (Lipinski definition) is 3. The van der Waals surface area contributed by atoms with Crippen molar-refractivity contribution in [3.8, 4) is 0 Å². The Morgan fingerprint density at radius 3 is 2.73 bits per heavy atom. The molecule has 0 spiro atoms. The Balaban J connectivity index is 2.88. The van der Waals surface area contributed by atoms with E-state index in [1.165, 1.54) is 12.4 Å². The maximum Gasteiger partial charge on any atom is 0.271 e. The number of nitrogens with one attached hydrogen (secondary N) is 1. The number of carbonyl (C=O) groups is 1. The lowest BCUT2D eigenvalue weighted by Crippen LogP contribution is -2.30. The molecule has 1 rings (SSSR count). The van der Waals surface area contributed by atoms with Crippen LogP contribution in [-0.2, 0) is 0 Å². The van der Waals surface area contributed by atoms with Gasteiger partial charge in [-0.2, -0.15) is 0 Å². The summed E-state index contributed by atoms with van der Waals surface area (Å²) in [5.74, 6) is -0.209. The molecule has 1 aromatic rings. The highest BCUT2D eigenvalue weighted by molar-refractivity contribution is 5.95. The summed E-state index contributed by atoms with van der Waals surface area (Å²) in [6.45, 7) is 2.45. The summed E-state index contributed by atoms with van der Waals surface area (Å²) >= 11 is 0. The Hall–Kier alpha value is -1.69. The van der Waals surface area contributed by atoms with Gasteiger partial charge in [0.1, 0.15) is 0 Å². The highest BCUT2D eigenvalue weighted by Crippen LogP contribution is 2.09. The van der Waals surface area contributed by atoms with E-state index in [9.17, 15) is 4.79 Å². The molecule has 1 heterocycles. The Labute approximate surface area is 88.1 Å². The van der Waals surface area contributed by atoms with Crippen molar-refractivity contribution in [1.29, 1.82) is 0 Å². The number of carbonyl (C=O) groups excluding carboxylic acids is 1. The number of amides is 1. The minimum Gasteiger partial charge on any atom is -0.364 e. The fourth-order valence-corrected chi connectivity index (χ4v) is 1.14. The summed E-state index contributed by atoms with van der Waals surface area (Å²) in [6.07, 6.45) is 3.76. The van der Waals surface area contributed by atoms with Crippen molar-refractivity contribution in [2.24, 2.45) is 11.5 Å². The van der Waals surface area contributed by atoms with Crippen LogP contribution >= 0.6 is 0 Å². The van der Waals surface area contributed by atoms with Crippen molar-refractivity contribution < 1.29 is 4.79 Å². The van der Waals surface area contributed by atoms with Gasteiger partial charge in [-0.1, -0.05) is 6.92 Å². The lowest BCUT2D eigenvalue weighted by molar-refractivity contribution is 0.0996. The van der Waals surface area contributed by atoms with E-state index >= 15 is 0 Å². The second kappa shape index (κ2) is 5.26. The minimum atomic E-state index is -0.600. The SMILES string of the molecule is CCC(CN)Nc1nccnc1C(N)=O. The van der Waals surface area contributed by atoms with E-state index in [4.69, 9.17) is 11.5 Å². The first kappa shape index (κ1) is 11.4. The van der Waals surface area contributed by atoms with Crippen LogP contribution in [0.4, 0.5) is 5.82 Å². The van der Waals surface area contributed by atoms with Crippen LogP contribution in [0.3, 0.4) is 0 Å². The van der Waals surface area contributed by atoms with Gasteiger partial charge in [-0.3, -0.25) is 4.79 Å². The molecule has 0 radical (unpaired) electrons. The minimum absolute atomic E-state index is 0.0693. The van der Waals surface area contributed by atoms with Crippen LogP contribution in [0.1, 0.15) is 23.8 Å². The topological polar surface area (TPSA) is 107 Å². The van der Waals surface area contributed by atoms with Gasteiger partial charge in [0, 0.05) is 25.0 Å². The van der Waals surface area contributed by atoms with Crippen LogP contribution in [-0.4, -0.2) is 28.5 Å². The Kier molecular flexibility index (Phi) is 3.99. The van der Waals surface area contributed by atoms with Gasteiger partial charge in [-0.05, 0) is 6.42 Å². The monoisotopic (exact) mass is 209 g/mol. The molecule has 1 unspecified atom stereocenters. The second-order valence-electron chi connectivity index (χ2n) is 3.10. The largest absolute Gasteiger partial charge is 0.364 e. The van der Waals surface area contributed by atoms with Gasteiger partial charge in [0.05, 0.1) is 0 Å². The van der Waals surface area contributed by atoms with Crippen LogP contribution in [0.15, 0.2) is 12.4 Å². The summed E-state index contributed by atoms with van der Waals surface area (Å²) < 4.78 is 0. The Bertz CT molecular complexity index is 337. The quantitative estimate of drug-likeness (QED) is 0.618. The molecule has 6 nitrogen and oxygen atoms in total. The maximum atomic E-state index is 11.0. The summed E-state index contributed by atoms with van der Waals surface area (Å²) in [5, 5.41) is 3.03. The zero-order valence-corrected chi connectivity index (χ0v) is 8.60. The van der Waals surface area contributed by atoms with E-state index in [1.807, 2.05) is 6.92 Å². The van der Waals surface area contributed by atoms with Crippen molar-refractivity contribution in [2.45, 2.75) is 19.4 Å². The molecule has 82 valence electrons. The summed E-state index contributed by atoms with van der Waals surface area (Å²) in [5.41, 5.74) is 10.8. The third kappa shape index (κ3) is 2.88. The van der Waals surface area contributed by atoms with Crippen molar-refractivity contribution in [3.05, 3.63) is 18.1 Å². The number of aromatic nitrogens is 2. The van der Waals surface area contributed by atoms with E-state index < -0.39 is 5.91 Å². The molecule has 1 atom stereocenters. The molecule has 15 heavy (non-hydrogen) atoms. The van der Waals surface area contributed by atoms with Gasteiger partial charge in [0.2, 0.25) is 0 Å². The molecule has 5 N–H and O–H groups in total. The van der Waals surface area contributed by atoms with Crippen LogP contribution in [0.25, 0.3) is 0 Å². The Morgan fingerprint density at radius 1 is 1.53 bits per heavy atom. The molecule has 0 fully saturated rings. The predicted octanol–water partition coefficient (Wildman–Crippen LogP) is -0.275. The summed E-state index contributed by atoms with van der Waals surface area (Å²) in [7, 11) is 0. The number of primary amides is 1. The van der Waals surface area contributed by atoms with Crippen molar-refractivity contribution in [1.82, 2.24) is 9.97 Å². The van der Waals surface area contributed by atoms with Crippen LogP contribution in [0.2, 0.25) is 0 Å². The predicted molar refractivity (Wildman–Crippen MR) is 57.3 cm³/mol. The van der Waals surface area contributed by atoms with Crippen LogP contribution in [0.5, 0.6) is 0 Å². The number of hydrogen-bond acceptors (Lipinski definition) is 5. The highest BCUT2D eigenvalue weighted by atomic mass is 16.1. The lowest BCUT2D eigenvalue weighted by atomic mass is 10.2. The first-order valence-electron chi connectivity index (χ1n) is 4.76. The zero-order valence-electron chi connectivity index (χ0n) is 8.60. The van der Waals surface area contributed by atoms with E-state index in [0.717, 1.165) is 6.42 Å². The molecule has 6 heteroatoms. The number of rotatable bonds is 5. The fourth-order valence-electron chi connectivity index (χ4n) is 1.14. The molecule has 1 amide bonds. The molecule has 0 bridgehead atoms. The molecular formula is C9H15N5O. The van der Waals surface area contributed by atoms with Gasteiger partial charge in [-0.15, -0.1) is 0 Å². The molecule has 0 saturated carbocycles. The van der Waals surface area contributed by atoms with E-state index in [1.54, 1.807) is 0 Å². The van der Waals surface area contributed by atoms with E-state index in [-0.39, 0.29) is 11.7 Å². The van der Waals surface area contributed by atoms with Crippen molar-refractivity contribution in [3.63, 3.8) is 0 Å². The van der Waals surface area contributed by atoms with Gasteiger partial charge in [-0.25, -0.2) is 9.97 Å². The molecule has 1 aromatic heterocycles. The smallest absolute Gasteiger partial charge is 0.271 e. The molecule has 0 aliphatic heterocycles. The van der Waals surface area contributed by atoms with Crippen LogP contribution < -0.4 is 16.8 Å². The average Bonchev–Trinajstić information content (AvgIpc) is 2.26. The number of nitrogens with zero attached hydrogens (tertiary/aromatic N) is 2. The summed E-state index contributed by atoms with van der Waals surface area (Å²) in [6, 6.07) is 0.0693. The zero-order chi connectivity index (χ0) is 11.3.